The molecule has 0 aromatic carbocycles. The zero-order valence-electron chi connectivity index (χ0n) is 6.22. The van der Waals surface area contributed by atoms with Crippen LogP contribution in [-0.2, 0) is 4.74 Å². The van der Waals surface area contributed by atoms with Crippen LogP contribution in [0.5, 0.6) is 0 Å². The highest BCUT2D eigenvalue weighted by Crippen LogP contribution is 2.28. The molecule has 0 aromatic heterocycles. The van der Waals surface area contributed by atoms with E-state index >= 15 is 0 Å². The lowest BCUT2D eigenvalue weighted by Gasteiger charge is -2.39. The molecule has 1 aliphatic heterocycles. The van der Waals surface area contributed by atoms with Crippen molar-refractivity contribution < 1.29 is 25.2 Å². The third-order valence-corrected chi connectivity index (χ3v) is 2.54. The van der Waals surface area contributed by atoms with Gasteiger partial charge in [-0.2, -0.15) is 0 Å². The van der Waals surface area contributed by atoms with Crippen LogP contribution in [0, 0.1) is 0 Å². The van der Waals surface area contributed by atoms with Gasteiger partial charge in [0, 0.05) is 0 Å². The fourth-order valence-electron chi connectivity index (χ4n) is 1.03. The number of hydrogen-bond donors (Lipinski definition) is 4. The lowest BCUT2D eigenvalue weighted by Crippen LogP contribution is -2.58. The summed E-state index contributed by atoms with van der Waals surface area (Å²) in [4.78, 5) is 0. The predicted molar refractivity (Wildman–Crippen MR) is 42.7 cm³/mol. The van der Waals surface area contributed by atoms with E-state index in [9.17, 15) is 15.3 Å². The minimum absolute atomic E-state index is 0.170. The highest BCUT2D eigenvalue weighted by atomic mass is 79.9. The van der Waals surface area contributed by atoms with Crippen LogP contribution in [0.2, 0.25) is 0 Å². The second kappa shape index (κ2) is 3.57. The Morgan fingerprint density at radius 1 is 1.50 bits per heavy atom. The summed E-state index contributed by atoms with van der Waals surface area (Å²) in [6, 6.07) is 0. The number of halogens is 1. The molecular weight excluding hydrogens is 232 g/mol. The molecule has 1 saturated heterocycles. The Labute approximate surface area is 77.7 Å². The van der Waals surface area contributed by atoms with Gasteiger partial charge in [0.25, 0.3) is 0 Å². The first-order valence-electron chi connectivity index (χ1n) is 3.49. The molecule has 1 heterocycles. The van der Waals surface area contributed by atoms with Gasteiger partial charge in [0.05, 0.1) is 13.2 Å². The first kappa shape index (κ1) is 10.4. The molecule has 1 fully saturated rings. The second-order valence-electron chi connectivity index (χ2n) is 2.79. The van der Waals surface area contributed by atoms with Crippen molar-refractivity contribution in [2.45, 2.75) is 22.8 Å². The third kappa shape index (κ3) is 1.78. The first-order valence-corrected chi connectivity index (χ1v) is 4.28. The molecule has 0 saturated carbocycles. The van der Waals surface area contributed by atoms with Crippen LogP contribution in [-0.4, -0.2) is 56.5 Å². The van der Waals surface area contributed by atoms with Crippen molar-refractivity contribution in [3.63, 3.8) is 0 Å². The van der Waals surface area contributed by atoms with Gasteiger partial charge in [-0.3, -0.25) is 0 Å². The van der Waals surface area contributed by atoms with Crippen LogP contribution in [0.4, 0.5) is 0 Å². The van der Waals surface area contributed by atoms with E-state index in [2.05, 4.69) is 15.9 Å². The van der Waals surface area contributed by atoms with E-state index in [1.807, 2.05) is 0 Å². The Morgan fingerprint density at radius 3 is 2.58 bits per heavy atom. The van der Waals surface area contributed by atoms with Crippen LogP contribution in [0.25, 0.3) is 0 Å². The van der Waals surface area contributed by atoms with Gasteiger partial charge in [-0.05, 0) is 15.9 Å². The van der Waals surface area contributed by atoms with Gasteiger partial charge in [-0.15, -0.1) is 0 Å². The van der Waals surface area contributed by atoms with Crippen molar-refractivity contribution in [2.75, 3.05) is 13.2 Å². The van der Waals surface area contributed by atoms with Crippen LogP contribution in [0.1, 0.15) is 0 Å². The summed E-state index contributed by atoms with van der Waals surface area (Å²) in [7, 11) is 0. The van der Waals surface area contributed by atoms with Crippen LogP contribution < -0.4 is 0 Å². The average molecular weight is 243 g/mol. The molecule has 72 valence electrons. The zero-order valence-corrected chi connectivity index (χ0v) is 7.81. The maximum absolute atomic E-state index is 9.33. The summed E-state index contributed by atoms with van der Waals surface area (Å²) in [5, 5.41) is 36.5. The highest BCUT2D eigenvalue weighted by Gasteiger charge is 2.46. The van der Waals surface area contributed by atoms with Crippen molar-refractivity contribution in [2.24, 2.45) is 0 Å². The van der Waals surface area contributed by atoms with Gasteiger partial charge in [-0.1, -0.05) is 0 Å². The molecule has 0 spiro atoms. The van der Waals surface area contributed by atoms with Crippen LogP contribution in [0.3, 0.4) is 0 Å². The van der Waals surface area contributed by atoms with Crippen molar-refractivity contribution >= 4 is 15.9 Å². The molecule has 5 nitrogen and oxygen atoms in total. The molecule has 1 rings (SSSR count). The topological polar surface area (TPSA) is 90.2 Å². The van der Waals surface area contributed by atoms with Gasteiger partial charge in [-0.25, -0.2) is 0 Å². The maximum Gasteiger partial charge on any atom is 0.171 e. The fourth-order valence-corrected chi connectivity index (χ4v) is 1.44. The van der Waals surface area contributed by atoms with Crippen LogP contribution >= 0.6 is 15.9 Å². The Bertz CT molecular complexity index is 162. The van der Waals surface area contributed by atoms with E-state index in [4.69, 9.17) is 9.84 Å². The van der Waals surface area contributed by atoms with E-state index in [-0.39, 0.29) is 13.2 Å². The van der Waals surface area contributed by atoms with E-state index in [0.717, 1.165) is 0 Å². The van der Waals surface area contributed by atoms with E-state index < -0.39 is 22.8 Å². The van der Waals surface area contributed by atoms with Gasteiger partial charge < -0.3 is 25.2 Å². The number of ether oxygens (including phenoxy) is 1. The highest BCUT2D eigenvalue weighted by molar-refractivity contribution is 9.10. The fraction of sp³-hybridized carbons (Fsp3) is 1.00. The Kier molecular flexibility index (Phi) is 3.08. The molecule has 0 radical (unpaired) electrons. The number of aliphatic hydroxyl groups excluding tert-OH is 3. The SMILES string of the molecule is OCC1OCC(O)(Br)C(O)C1O. The first-order chi connectivity index (χ1) is 5.49. The molecule has 0 aliphatic carbocycles. The smallest absolute Gasteiger partial charge is 0.171 e. The molecule has 4 atom stereocenters. The summed E-state index contributed by atoms with van der Waals surface area (Å²) in [6.07, 6.45) is -3.48. The molecule has 0 aromatic rings. The molecule has 12 heavy (non-hydrogen) atoms. The minimum Gasteiger partial charge on any atom is -0.394 e. The number of hydrogen-bond acceptors (Lipinski definition) is 5. The molecule has 4 N–H and O–H groups in total. The quantitative estimate of drug-likeness (QED) is 0.407. The van der Waals surface area contributed by atoms with E-state index in [1.54, 1.807) is 0 Å². The molecular formula is C6H11BrO5. The average Bonchev–Trinajstić information content (AvgIpc) is 2.01. The number of rotatable bonds is 1. The van der Waals surface area contributed by atoms with Gasteiger partial charge >= 0.3 is 0 Å². The zero-order chi connectivity index (χ0) is 9.35. The van der Waals surface area contributed by atoms with Crippen molar-refractivity contribution in [3.05, 3.63) is 0 Å². The second-order valence-corrected chi connectivity index (χ2v) is 4.16. The predicted octanol–water partition coefficient (Wildman–Crippen LogP) is -1.82. The lowest BCUT2D eigenvalue weighted by molar-refractivity contribution is -0.205. The standard InChI is InChI=1S/C6H11BrO5/c7-6(11)2-12-3(1-8)4(9)5(6)10/h3-5,8-11H,1-2H2. The lowest BCUT2D eigenvalue weighted by atomic mass is 10.0. The van der Waals surface area contributed by atoms with E-state index in [0.29, 0.717) is 0 Å². The number of alkyl halides is 1. The van der Waals surface area contributed by atoms with E-state index in [1.165, 1.54) is 0 Å². The summed E-state index contributed by atoms with van der Waals surface area (Å²) in [5.74, 6) is 0. The van der Waals surface area contributed by atoms with Gasteiger partial charge in [0.1, 0.15) is 18.3 Å². The largest absolute Gasteiger partial charge is 0.394 e. The normalized spacial score (nSPS) is 49.2. The van der Waals surface area contributed by atoms with Crippen molar-refractivity contribution in [3.8, 4) is 0 Å². The summed E-state index contributed by atoms with van der Waals surface area (Å²) in [5.41, 5.74) is 0. The van der Waals surface area contributed by atoms with Crippen molar-refractivity contribution in [1.29, 1.82) is 0 Å². The van der Waals surface area contributed by atoms with Crippen LogP contribution in [0.15, 0.2) is 0 Å². The van der Waals surface area contributed by atoms with Gasteiger partial charge in [0.2, 0.25) is 0 Å². The molecule has 4 unspecified atom stereocenters. The summed E-state index contributed by atoms with van der Waals surface area (Å²) < 4.78 is 3.24. The molecule has 0 amide bonds. The minimum atomic E-state index is -1.63. The monoisotopic (exact) mass is 242 g/mol. The Morgan fingerprint density at radius 2 is 2.08 bits per heavy atom. The molecule has 6 heteroatoms. The maximum atomic E-state index is 9.33. The Balaban J connectivity index is 2.65. The Hall–Kier alpha value is 0.280. The molecule has 0 bridgehead atoms. The van der Waals surface area contributed by atoms with Gasteiger partial charge in [0.15, 0.2) is 4.51 Å². The third-order valence-electron chi connectivity index (χ3n) is 1.84. The van der Waals surface area contributed by atoms with Crippen molar-refractivity contribution in [1.82, 2.24) is 0 Å². The summed E-state index contributed by atoms with van der Waals surface area (Å²) >= 11 is 2.79. The molecule has 1 aliphatic rings. The summed E-state index contributed by atoms with van der Waals surface area (Å²) in [6.45, 7) is -0.558. The number of aliphatic hydroxyl groups is 4.